The van der Waals surface area contributed by atoms with Gasteiger partial charge in [-0.05, 0) is 49.9 Å². The molecule has 6 atom stereocenters. The molecule has 12 nitrogen and oxygen atoms in total. The number of amides is 4. The van der Waals surface area contributed by atoms with Gasteiger partial charge in [-0.25, -0.2) is 14.6 Å². The van der Waals surface area contributed by atoms with Gasteiger partial charge in [0.05, 0.1) is 48.8 Å². The van der Waals surface area contributed by atoms with Crippen LogP contribution in [0.4, 0.5) is 11.4 Å². The molecule has 4 aliphatic rings. The summed E-state index contributed by atoms with van der Waals surface area (Å²) in [4.78, 5) is 70.8. The molecule has 0 radical (unpaired) electrons. The number of carboxylic acids is 1. The molecule has 4 amide bonds. The number of carbonyl (C=O) groups excluding carboxylic acids is 4. The smallest absolute Gasteiger partial charge is 0.339 e. The Balaban J connectivity index is 1.40. The molecule has 2 aliphatic carbocycles. The molecule has 246 valence electrons. The number of fused-ring (bicyclic) bond motifs is 4. The Bertz CT molecular complexity index is 1930. The van der Waals surface area contributed by atoms with Gasteiger partial charge in [0.25, 0.3) is 0 Å². The predicted molar refractivity (Wildman–Crippen MR) is 170 cm³/mol. The molecule has 0 aromatic heterocycles. The van der Waals surface area contributed by atoms with Gasteiger partial charge in [-0.15, -0.1) is 0 Å². The number of hydrogen-bond donors (Lipinski definition) is 3. The number of imide groups is 2. The number of aromatic hydroxyl groups is 2. The molecular weight excluding hydrogens is 620 g/mol. The number of methoxy groups -OCH3 is 2. The lowest BCUT2D eigenvalue weighted by Gasteiger charge is -2.49. The fourth-order valence-electron chi connectivity index (χ4n) is 8.45. The van der Waals surface area contributed by atoms with Crippen molar-refractivity contribution in [3.63, 3.8) is 0 Å². The Kier molecular flexibility index (Phi) is 7.08. The summed E-state index contributed by atoms with van der Waals surface area (Å²) in [6, 6.07) is 14.9. The number of phenolic OH excluding ortho intramolecular Hbond substituents is 1. The SMILES string of the molecule is COc1cc(O)cc(OC)c1[C@H]1C2=CC[C@@H]3C(=O)N(c4ccc(C(=O)O)c(O)c4)C(=O)[C@@H]3[C@@H]2C[C@H]2C(=O)N(c3ccccc3)C(=O)[C@@]12C. The van der Waals surface area contributed by atoms with Gasteiger partial charge < -0.3 is 24.8 Å². The molecule has 2 saturated heterocycles. The first-order valence-electron chi connectivity index (χ1n) is 15.5. The zero-order valence-electron chi connectivity index (χ0n) is 26.2. The van der Waals surface area contributed by atoms with Crippen molar-refractivity contribution in [2.75, 3.05) is 24.0 Å². The van der Waals surface area contributed by atoms with E-state index in [0.29, 0.717) is 16.8 Å². The first-order valence-corrected chi connectivity index (χ1v) is 15.5. The minimum atomic E-state index is -1.37. The molecule has 12 heteroatoms. The van der Waals surface area contributed by atoms with Crippen LogP contribution in [0.3, 0.4) is 0 Å². The Morgan fingerprint density at radius 2 is 1.50 bits per heavy atom. The molecule has 2 heterocycles. The average molecular weight is 653 g/mol. The number of phenols is 2. The van der Waals surface area contributed by atoms with Gasteiger partial charge in [-0.2, -0.15) is 0 Å². The van der Waals surface area contributed by atoms with Crippen LogP contribution >= 0.6 is 0 Å². The van der Waals surface area contributed by atoms with E-state index in [-0.39, 0.29) is 41.3 Å². The highest BCUT2D eigenvalue weighted by molar-refractivity contribution is 6.25. The molecule has 0 bridgehead atoms. The van der Waals surface area contributed by atoms with Crippen LogP contribution in [0, 0.1) is 29.1 Å². The predicted octanol–water partition coefficient (Wildman–Crippen LogP) is 4.25. The van der Waals surface area contributed by atoms with Crippen molar-refractivity contribution in [1.29, 1.82) is 0 Å². The minimum absolute atomic E-state index is 0.0323. The summed E-state index contributed by atoms with van der Waals surface area (Å²) in [6.45, 7) is 1.74. The number of allylic oxidation sites excluding steroid dienone is 2. The monoisotopic (exact) mass is 652 g/mol. The third-order valence-corrected chi connectivity index (χ3v) is 10.6. The van der Waals surface area contributed by atoms with Crippen LogP contribution in [-0.4, -0.2) is 59.1 Å². The Hall–Kier alpha value is -5.65. The van der Waals surface area contributed by atoms with Crippen LogP contribution in [0.2, 0.25) is 0 Å². The molecule has 0 unspecified atom stereocenters. The number of aromatic carboxylic acids is 1. The Morgan fingerprint density at radius 1 is 0.833 bits per heavy atom. The van der Waals surface area contributed by atoms with Crippen LogP contribution < -0.4 is 19.3 Å². The maximum atomic E-state index is 14.6. The first-order chi connectivity index (χ1) is 22.9. The molecule has 1 saturated carbocycles. The number of nitrogens with zero attached hydrogens (tertiary/aromatic N) is 2. The number of anilines is 2. The summed E-state index contributed by atoms with van der Waals surface area (Å²) in [5.41, 5.74) is -0.199. The third kappa shape index (κ3) is 4.17. The first kappa shape index (κ1) is 31.0. The maximum absolute atomic E-state index is 14.6. The number of benzene rings is 3. The number of ether oxygens (including phenoxy) is 2. The highest BCUT2D eigenvalue weighted by Gasteiger charge is 2.68. The number of carboxylic acid groups (broad SMARTS) is 1. The Morgan fingerprint density at radius 3 is 2.10 bits per heavy atom. The summed E-state index contributed by atoms with van der Waals surface area (Å²) in [7, 11) is 2.84. The normalized spacial score (nSPS) is 27.7. The van der Waals surface area contributed by atoms with E-state index in [9.17, 15) is 39.3 Å². The third-order valence-electron chi connectivity index (χ3n) is 10.6. The number of rotatable bonds is 6. The second kappa shape index (κ2) is 11.0. The zero-order chi connectivity index (χ0) is 34.2. The summed E-state index contributed by atoms with van der Waals surface area (Å²) >= 11 is 0. The molecule has 48 heavy (non-hydrogen) atoms. The van der Waals surface area contributed by atoms with Gasteiger partial charge in [0.15, 0.2) is 0 Å². The zero-order valence-corrected chi connectivity index (χ0v) is 26.2. The van der Waals surface area contributed by atoms with Gasteiger partial charge in [0.1, 0.15) is 28.6 Å². The van der Waals surface area contributed by atoms with Crippen LogP contribution in [0.5, 0.6) is 23.0 Å². The van der Waals surface area contributed by atoms with E-state index in [2.05, 4.69) is 0 Å². The molecule has 3 fully saturated rings. The minimum Gasteiger partial charge on any atom is -0.508 e. The van der Waals surface area contributed by atoms with E-state index >= 15 is 0 Å². The quantitative estimate of drug-likeness (QED) is 0.258. The molecule has 2 aliphatic heterocycles. The van der Waals surface area contributed by atoms with Crippen molar-refractivity contribution >= 4 is 41.0 Å². The van der Waals surface area contributed by atoms with Crippen molar-refractivity contribution in [2.24, 2.45) is 29.1 Å². The van der Waals surface area contributed by atoms with E-state index in [4.69, 9.17) is 9.47 Å². The van der Waals surface area contributed by atoms with Gasteiger partial charge >= 0.3 is 5.97 Å². The number of hydrogen-bond acceptors (Lipinski definition) is 9. The molecule has 0 spiro atoms. The van der Waals surface area contributed by atoms with Crippen LogP contribution in [0.25, 0.3) is 0 Å². The standard InChI is InChI=1S/C36H32N2O10/c1-36-24(32(42)38(35(36)46)17-7-5-4-6-8-17)16-23-20(30(36)29-26(47-2)14-19(39)15-27(29)48-3)11-12-22-28(23)33(43)37(31(22)41)18-9-10-21(34(44)45)25(40)13-18/h4-11,13-15,22-24,28,30,39-40H,12,16H2,1-3H3,(H,44,45)/t22-,23+,24-,28-,30+,36+/m0/s1. The molecule has 3 aromatic rings. The Labute approximate surface area is 274 Å². The van der Waals surface area contributed by atoms with Gasteiger partial charge in [-0.3, -0.25) is 19.2 Å². The van der Waals surface area contributed by atoms with E-state index in [1.54, 1.807) is 37.3 Å². The lowest BCUT2D eigenvalue weighted by molar-refractivity contribution is -0.131. The number of para-hydroxylation sites is 1. The van der Waals surface area contributed by atoms with Crippen molar-refractivity contribution in [2.45, 2.75) is 25.7 Å². The van der Waals surface area contributed by atoms with Gasteiger partial charge in [0.2, 0.25) is 23.6 Å². The van der Waals surface area contributed by atoms with Crippen LogP contribution in [0.1, 0.15) is 41.6 Å². The van der Waals surface area contributed by atoms with Crippen LogP contribution in [0.15, 0.2) is 72.3 Å². The molecular formula is C36H32N2O10. The van der Waals surface area contributed by atoms with Crippen LogP contribution in [-0.2, 0) is 19.2 Å². The highest BCUT2D eigenvalue weighted by atomic mass is 16.5. The maximum Gasteiger partial charge on any atom is 0.339 e. The van der Waals surface area contributed by atoms with Gasteiger partial charge in [0, 0.05) is 29.7 Å². The average Bonchev–Trinajstić information content (AvgIpc) is 3.44. The van der Waals surface area contributed by atoms with E-state index in [0.717, 1.165) is 17.0 Å². The van der Waals surface area contributed by atoms with Crippen molar-refractivity contribution < 1.29 is 48.8 Å². The highest BCUT2D eigenvalue weighted by Crippen LogP contribution is 2.65. The fraction of sp³-hybridized carbons (Fsp3) is 0.306. The second-order valence-electron chi connectivity index (χ2n) is 12.8. The molecule has 3 aromatic carbocycles. The van der Waals surface area contributed by atoms with E-state index < -0.39 is 70.4 Å². The summed E-state index contributed by atoms with van der Waals surface area (Å²) in [5, 5.41) is 30.2. The molecule has 7 rings (SSSR count). The molecule has 3 N–H and O–H groups in total. The summed E-state index contributed by atoms with van der Waals surface area (Å²) in [6.07, 6.45) is 2.13. The lowest BCUT2D eigenvalue weighted by Crippen LogP contribution is -2.49. The largest absolute Gasteiger partial charge is 0.508 e. The van der Waals surface area contributed by atoms with Gasteiger partial charge in [-0.1, -0.05) is 29.8 Å². The fourth-order valence-corrected chi connectivity index (χ4v) is 8.45. The summed E-state index contributed by atoms with van der Waals surface area (Å²) < 4.78 is 11.5. The summed E-state index contributed by atoms with van der Waals surface area (Å²) in [5.74, 6) is -7.68. The van der Waals surface area contributed by atoms with E-state index in [1.165, 1.54) is 37.3 Å². The topological polar surface area (TPSA) is 171 Å². The number of carbonyl (C=O) groups is 5. The lowest BCUT2D eigenvalue weighted by atomic mass is 9.51. The second-order valence-corrected chi connectivity index (χ2v) is 12.8. The van der Waals surface area contributed by atoms with Crippen molar-refractivity contribution in [3.8, 4) is 23.0 Å². The van der Waals surface area contributed by atoms with Crippen molar-refractivity contribution in [1.82, 2.24) is 0 Å². The van der Waals surface area contributed by atoms with Crippen molar-refractivity contribution in [3.05, 3.63) is 83.4 Å². The van der Waals surface area contributed by atoms with E-state index in [1.807, 2.05) is 6.08 Å².